The van der Waals surface area contributed by atoms with E-state index in [1.807, 2.05) is 13.8 Å². The van der Waals surface area contributed by atoms with E-state index in [9.17, 15) is 8.42 Å². The molecule has 0 amide bonds. The molecule has 5 heteroatoms. The second kappa shape index (κ2) is 5.98. The van der Waals surface area contributed by atoms with Gasteiger partial charge >= 0.3 is 0 Å². The highest BCUT2D eigenvalue weighted by atomic mass is 32.2. The fourth-order valence-corrected chi connectivity index (χ4v) is 4.24. The van der Waals surface area contributed by atoms with Crippen molar-refractivity contribution in [2.24, 2.45) is 0 Å². The summed E-state index contributed by atoms with van der Waals surface area (Å²) in [6.07, 6.45) is 4.54. The molecule has 1 saturated carbocycles. The van der Waals surface area contributed by atoms with Gasteiger partial charge in [0.25, 0.3) is 0 Å². The first-order valence-corrected chi connectivity index (χ1v) is 7.56. The van der Waals surface area contributed by atoms with Crippen LogP contribution in [0.5, 0.6) is 0 Å². The third-order valence-corrected chi connectivity index (χ3v) is 5.13. The Labute approximate surface area is 98.8 Å². The van der Waals surface area contributed by atoms with Gasteiger partial charge in [0.1, 0.15) is 5.25 Å². The van der Waals surface area contributed by atoms with Gasteiger partial charge in [-0.2, -0.15) is 0 Å². The summed E-state index contributed by atoms with van der Waals surface area (Å²) in [5.74, 6) is 0. The molecule has 0 radical (unpaired) electrons. The van der Waals surface area contributed by atoms with Crippen molar-refractivity contribution >= 4 is 10.0 Å². The zero-order chi connectivity index (χ0) is 12.2. The highest BCUT2D eigenvalue weighted by molar-refractivity contribution is 7.90. The van der Waals surface area contributed by atoms with E-state index >= 15 is 0 Å². The van der Waals surface area contributed by atoms with Gasteiger partial charge in [0.2, 0.25) is 10.0 Å². The number of hydrogen-bond donors (Lipinski definition) is 1. The van der Waals surface area contributed by atoms with E-state index in [1.165, 1.54) is 0 Å². The molecule has 16 heavy (non-hydrogen) atoms. The van der Waals surface area contributed by atoms with Gasteiger partial charge in [0.15, 0.2) is 0 Å². The molecule has 0 unspecified atom stereocenters. The molecule has 1 aliphatic carbocycles. The SMILES string of the molecule is CO[C@@H]1CCCCC[C@@H]1S(=O)(=O)NC(C)C. The second-order valence-electron chi connectivity index (χ2n) is 4.77. The van der Waals surface area contributed by atoms with Crippen LogP contribution in [0.4, 0.5) is 0 Å². The van der Waals surface area contributed by atoms with E-state index in [-0.39, 0.29) is 17.4 Å². The normalized spacial score (nSPS) is 28.0. The lowest BCUT2D eigenvalue weighted by atomic mass is 10.1. The average molecular weight is 249 g/mol. The smallest absolute Gasteiger partial charge is 0.217 e. The third-order valence-electron chi connectivity index (χ3n) is 2.99. The molecule has 1 aliphatic rings. The number of hydrogen-bond acceptors (Lipinski definition) is 3. The van der Waals surface area contributed by atoms with Crippen molar-refractivity contribution in [2.75, 3.05) is 7.11 Å². The second-order valence-corrected chi connectivity index (χ2v) is 6.70. The van der Waals surface area contributed by atoms with Gasteiger partial charge in [-0.15, -0.1) is 0 Å². The van der Waals surface area contributed by atoms with Gasteiger partial charge in [0.05, 0.1) is 6.10 Å². The van der Waals surface area contributed by atoms with Gasteiger partial charge < -0.3 is 4.74 Å². The average Bonchev–Trinajstić information content (AvgIpc) is 2.40. The van der Waals surface area contributed by atoms with Gasteiger partial charge in [-0.3, -0.25) is 0 Å². The van der Waals surface area contributed by atoms with Crippen molar-refractivity contribution in [3.63, 3.8) is 0 Å². The summed E-state index contributed by atoms with van der Waals surface area (Å²) < 4.78 is 32.3. The highest BCUT2D eigenvalue weighted by Crippen LogP contribution is 2.25. The first kappa shape index (κ1) is 13.9. The van der Waals surface area contributed by atoms with Crippen molar-refractivity contribution in [1.29, 1.82) is 0 Å². The molecule has 1 N–H and O–H groups in total. The highest BCUT2D eigenvalue weighted by Gasteiger charge is 2.34. The minimum atomic E-state index is -3.24. The molecule has 1 rings (SSSR count). The van der Waals surface area contributed by atoms with E-state index < -0.39 is 10.0 Å². The molecule has 0 aromatic heterocycles. The molecule has 0 aromatic carbocycles. The minimum absolute atomic E-state index is 0.0502. The quantitative estimate of drug-likeness (QED) is 0.771. The van der Waals surface area contributed by atoms with Crippen molar-refractivity contribution in [3.8, 4) is 0 Å². The molecule has 96 valence electrons. The minimum Gasteiger partial charge on any atom is -0.380 e. The van der Waals surface area contributed by atoms with Crippen molar-refractivity contribution in [1.82, 2.24) is 4.72 Å². The van der Waals surface area contributed by atoms with Crippen LogP contribution in [0.25, 0.3) is 0 Å². The molecule has 0 spiro atoms. The lowest BCUT2D eigenvalue weighted by molar-refractivity contribution is 0.0920. The molecule has 0 heterocycles. The Hall–Kier alpha value is -0.130. The number of methoxy groups -OCH3 is 1. The predicted molar refractivity (Wildman–Crippen MR) is 64.9 cm³/mol. The van der Waals surface area contributed by atoms with Crippen LogP contribution in [-0.4, -0.2) is 32.9 Å². The lowest BCUT2D eigenvalue weighted by Gasteiger charge is -2.25. The predicted octanol–water partition coefficient (Wildman–Crippen LogP) is 1.66. The molecule has 0 aliphatic heterocycles. The van der Waals surface area contributed by atoms with Crippen LogP contribution in [-0.2, 0) is 14.8 Å². The summed E-state index contributed by atoms with van der Waals surface area (Å²) in [4.78, 5) is 0. The van der Waals surface area contributed by atoms with Gasteiger partial charge in [-0.05, 0) is 26.7 Å². The number of sulfonamides is 1. The Kier molecular flexibility index (Phi) is 5.21. The van der Waals surface area contributed by atoms with Crippen LogP contribution in [0.1, 0.15) is 46.0 Å². The number of ether oxygens (including phenoxy) is 1. The van der Waals surface area contributed by atoms with Crippen LogP contribution in [0.2, 0.25) is 0 Å². The van der Waals surface area contributed by atoms with Crippen molar-refractivity contribution in [2.45, 2.75) is 63.3 Å². The fraction of sp³-hybridized carbons (Fsp3) is 1.00. The lowest BCUT2D eigenvalue weighted by Crippen LogP contribution is -2.44. The van der Waals surface area contributed by atoms with E-state index in [0.29, 0.717) is 6.42 Å². The Bertz CT molecular complexity index is 300. The maximum Gasteiger partial charge on any atom is 0.217 e. The zero-order valence-electron chi connectivity index (χ0n) is 10.4. The summed E-state index contributed by atoms with van der Waals surface area (Å²) in [6, 6.07) is -0.0502. The Morgan fingerprint density at radius 3 is 2.38 bits per heavy atom. The first-order chi connectivity index (χ1) is 7.47. The Morgan fingerprint density at radius 1 is 1.19 bits per heavy atom. The number of nitrogens with one attached hydrogen (secondary N) is 1. The van der Waals surface area contributed by atoms with Gasteiger partial charge in [0, 0.05) is 13.2 Å². The maximum absolute atomic E-state index is 12.1. The first-order valence-electron chi connectivity index (χ1n) is 6.01. The summed E-state index contributed by atoms with van der Waals surface area (Å²) in [5, 5.41) is -0.387. The van der Waals surface area contributed by atoms with Crippen LogP contribution < -0.4 is 4.72 Å². The van der Waals surface area contributed by atoms with Gasteiger partial charge in [-0.25, -0.2) is 13.1 Å². The van der Waals surface area contributed by atoms with Crippen molar-refractivity contribution < 1.29 is 13.2 Å². The van der Waals surface area contributed by atoms with E-state index in [2.05, 4.69) is 4.72 Å². The summed E-state index contributed by atoms with van der Waals surface area (Å²) in [5.41, 5.74) is 0. The van der Waals surface area contributed by atoms with E-state index in [0.717, 1.165) is 25.7 Å². The molecule has 0 saturated heterocycles. The molecule has 0 aromatic rings. The van der Waals surface area contributed by atoms with Crippen LogP contribution in [0.15, 0.2) is 0 Å². The van der Waals surface area contributed by atoms with E-state index in [1.54, 1.807) is 7.11 Å². The summed E-state index contributed by atoms with van der Waals surface area (Å²) in [7, 11) is -1.64. The molecule has 1 fully saturated rings. The van der Waals surface area contributed by atoms with Crippen LogP contribution in [0, 0.1) is 0 Å². The van der Waals surface area contributed by atoms with Crippen LogP contribution in [0.3, 0.4) is 0 Å². The molecule has 4 nitrogen and oxygen atoms in total. The van der Waals surface area contributed by atoms with Gasteiger partial charge in [-0.1, -0.05) is 19.3 Å². The Balaban J connectivity index is 2.80. The monoisotopic (exact) mass is 249 g/mol. The van der Waals surface area contributed by atoms with Crippen molar-refractivity contribution in [3.05, 3.63) is 0 Å². The molecular formula is C11H23NO3S. The topological polar surface area (TPSA) is 55.4 Å². The standard InChI is InChI=1S/C11H23NO3S/c1-9(2)12-16(13,14)11-8-6-4-5-7-10(11)15-3/h9-12H,4-8H2,1-3H3/t10-,11+/m1/s1. The summed E-state index contributed by atoms with van der Waals surface area (Å²) >= 11 is 0. The van der Waals surface area contributed by atoms with E-state index in [4.69, 9.17) is 4.74 Å². The zero-order valence-corrected chi connectivity index (χ0v) is 11.2. The Morgan fingerprint density at radius 2 is 1.81 bits per heavy atom. The molecule has 0 bridgehead atoms. The summed E-state index contributed by atoms with van der Waals surface area (Å²) in [6.45, 7) is 3.69. The fourth-order valence-electron chi connectivity index (χ4n) is 2.28. The molecule has 2 atom stereocenters. The molecular weight excluding hydrogens is 226 g/mol. The largest absolute Gasteiger partial charge is 0.380 e. The number of rotatable bonds is 4. The maximum atomic E-state index is 12.1. The third kappa shape index (κ3) is 3.71. The van der Waals surface area contributed by atoms with Crippen LogP contribution >= 0.6 is 0 Å².